The summed E-state index contributed by atoms with van der Waals surface area (Å²) >= 11 is 0.274. The minimum atomic E-state index is -4.87. The number of rotatable bonds is 3. The fraction of sp³-hybridized carbons (Fsp3) is 0.0909. The molecule has 0 aliphatic heterocycles. The van der Waals surface area contributed by atoms with Crippen LogP contribution in [0.5, 0.6) is 10.9 Å². The summed E-state index contributed by atoms with van der Waals surface area (Å²) in [7, 11) is 0. The van der Waals surface area contributed by atoms with Gasteiger partial charge in [-0.25, -0.2) is 0 Å². The normalized spacial score (nSPS) is 11.3. The lowest BCUT2D eigenvalue weighted by Crippen LogP contribution is -2.24. The molecule has 2 rings (SSSR count). The molecule has 0 aliphatic carbocycles. The van der Waals surface area contributed by atoms with Gasteiger partial charge in [-0.3, -0.25) is 0 Å². The molecule has 4 nitrogen and oxygen atoms in total. The molecule has 1 aromatic heterocycles. The molecule has 19 heavy (non-hydrogen) atoms. The van der Waals surface area contributed by atoms with Gasteiger partial charge in [-0.15, -0.1) is 0 Å². The van der Waals surface area contributed by atoms with Crippen LogP contribution in [0.2, 0.25) is 0 Å². The number of halogens is 3. The lowest BCUT2D eigenvalue weighted by Gasteiger charge is -2.05. The Balaban J connectivity index is 2.36. The first-order chi connectivity index (χ1) is 8.88. The fourth-order valence-corrected chi connectivity index (χ4v) is 2.05. The highest BCUT2D eigenvalue weighted by Crippen LogP contribution is 2.38. The van der Waals surface area contributed by atoms with Crippen molar-refractivity contribution in [3.8, 4) is 10.9 Å². The first kappa shape index (κ1) is 13.3. The standard InChI is InChI=1S/C11H6F3NO3S/c12-11(13,14)8-7(9(16)17)19-10(15-8)18-6-4-2-1-3-5-6/h1-5H,(H,16,17)/p-1. The molecule has 0 atom stereocenters. The Hall–Kier alpha value is -2.09. The topological polar surface area (TPSA) is 62.2 Å². The van der Waals surface area contributed by atoms with Gasteiger partial charge in [0.2, 0.25) is 0 Å². The summed E-state index contributed by atoms with van der Waals surface area (Å²) in [4.78, 5) is 12.8. The predicted octanol–water partition coefficient (Wildman–Crippen LogP) is 2.32. The molecular formula is C11H5F3NO3S-. The molecule has 0 saturated carbocycles. The van der Waals surface area contributed by atoms with Crippen molar-refractivity contribution in [1.82, 2.24) is 4.98 Å². The van der Waals surface area contributed by atoms with Gasteiger partial charge < -0.3 is 14.6 Å². The number of carboxylic acids is 1. The molecule has 0 spiro atoms. The Morgan fingerprint density at radius 3 is 2.37 bits per heavy atom. The van der Waals surface area contributed by atoms with E-state index in [2.05, 4.69) is 4.98 Å². The van der Waals surface area contributed by atoms with E-state index in [1.165, 1.54) is 12.1 Å². The lowest BCUT2D eigenvalue weighted by atomic mass is 10.3. The Morgan fingerprint density at radius 1 is 1.26 bits per heavy atom. The van der Waals surface area contributed by atoms with Crippen LogP contribution in [0.1, 0.15) is 15.4 Å². The molecule has 0 bridgehead atoms. The number of hydrogen-bond acceptors (Lipinski definition) is 5. The molecule has 0 saturated heterocycles. The molecule has 100 valence electrons. The van der Waals surface area contributed by atoms with Crippen LogP contribution in [-0.4, -0.2) is 11.0 Å². The zero-order valence-corrected chi connectivity index (χ0v) is 9.92. The quantitative estimate of drug-likeness (QED) is 0.869. The van der Waals surface area contributed by atoms with Crippen LogP contribution in [0.3, 0.4) is 0 Å². The van der Waals surface area contributed by atoms with E-state index in [1.807, 2.05) is 0 Å². The van der Waals surface area contributed by atoms with Gasteiger partial charge in [0.1, 0.15) is 5.75 Å². The maximum atomic E-state index is 12.6. The molecule has 8 heteroatoms. The Labute approximate surface area is 109 Å². The number of carboxylic acid groups (broad SMARTS) is 1. The Kier molecular flexibility index (Phi) is 3.43. The summed E-state index contributed by atoms with van der Waals surface area (Å²) in [6, 6.07) is 7.95. The number of carbonyl (C=O) groups is 1. The second kappa shape index (κ2) is 4.88. The summed E-state index contributed by atoms with van der Waals surface area (Å²) < 4.78 is 42.7. The smallest absolute Gasteiger partial charge is 0.435 e. The van der Waals surface area contributed by atoms with Crippen LogP contribution >= 0.6 is 11.3 Å². The third-order valence-electron chi connectivity index (χ3n) is 2.01. The number of hydrogen-bond donors (Lipinski definition) is 0. The summed E-state index contributed by atoms with van der Waals surface area (Å²) in [5.74, 6) is -1.68. The third kappa shape index (κ3) is 3.02. The van der Waals surface area contributed by atoms with Gasteiger partial charge in [0.05, 0.1) is 10.8 Å². The molecule has 0 N–H and O–H groups in total. The second-order valence-electron chi connectivity index (χ2n) is 3.36. The molecule has 1 heterocycles. The van der Waals surface area contributed by atoms with Crippen molar-refractivity contribution in [3.05, 3.63) is 40.9 Å². The van der Waals surface area contributed by atoms with E-state index in [4.69, 9.17) is 4.74 Å². The largest absolute Gasteiger partial charge is 0.544 e. The minimum Gasteiger partial charge on any atom is -0.544 e. The second-order valence-corrected chi connectivity index (χ2v) is 4.32. The van der Waals surface area contributed by atoms with Gasteiger partial charge in [0.15, 0.2) is 5.69 Å². The molecule has 0 aliphatic rings. The maximum absolute atomic E-state index is 12.6. The average Bonchev–Trinajstić information content (AvgIpc) is 2.74. The van der Waals surface area contributed by atoms with Crippen LogP contribution in [0.25, 0.3) is 0 Å². The van der Waals surface area contributed by atoms with Gasteiger partial charge >= 0.3 is 6.18 Å². The van der Waals surface area contributed by atoms with Crippen LogP contribution in [0, 0.1) is 0 Å². The summed E-state index contributed by atoms with van der Waals surface area (Å²) in [5, 5.41) is 10.2. The van der Waals surface area contributed by atoms with Gasteiger partial charge in [0, 0.05) is 0 Å². The first-order valence-electron chi connectivity index (χ1n) is 4.90. The summed E-state index contributed by atoms with van der Waals surface area (Å²) in [5.41, 5.74) is -1.51. The van der Waals surface area contributed by atoms with Crippen molar-refractivity contribution < 1.29 is 27.8 Å². The van der Waals surface area contributed by atoms with Crippen LogP contribution in [0.4, 0.5) is 13.2 Å². The zero-order chi connectivity index (χ0) is 14.0. The Bertz CT molecular complexity index is 595. The number of alkyl halides is 3. The molecule has 2 aromatic rings. The van der Waals surface area contributed by atoms with Gasteiger partial charge in [-0.2, -0.15) is 18.2 Å². The van der Waals surface area contributed by atoms with E-state index in [0.29, 0.717) is 0 Å². The molecule has 1 aromatic carbocycles. The van der Waals surface area contributed by atoms with Crippen molar-refractivity contribution >= 4 is 17.3 Å². The molecule has 0 amide bonds. The van der Waals surface area contributed by atoms with Crippen molar-refractivity contribution in [3.63, 3.8) is 0 Å². The Morgan fingerprint density at radius 2 is 1.89 bits per heavy atom. The highest BCUT2D eigenvalue weighted by atomic mass is 32.1. The van der Waals surface area contributed by atoms with Crippen LogP contribution in [-0.2, 0) is 6.18 Å². The number of nitrogens with zero attached hydrogens (tertiary/aromatic N) is 1. The van der Waals surface area contributed by atoms with Gasteiger partial charge in [-0.05, 0) is 12.1 Å². The van der Waals surface area contributed by atoms with Gasteiger partial charge in [-0.1, -0.05) is 29.5 Å². The number of ether oxygens (including phenoxy) is 1. The molecule has 0 fully saturated rings. The number of thiazole rings is 1. The van der Waals surface area contributed by atoms with E-state index in [9.17, 15) is 23.1 Å². The van der Waals surface area contributed by atoms with Crippen molar-refractivity contribution in [1.29, 1.82) is 0 Å². The van der Waals surface area contributed by atoms with Crippen molar-refractivity contribution in [2.75, 3.05) is 0 Å². The fourth-order valence-electron chi connectivity index (χ4n) is 1.26. The number of aromatic nitrogens is 1. The first-order valence-corrected chi connectivity index (χ1v) is 5.72. The van der Waals surface area contributed by atoms with Crippen molar-refractivity contribution in [2.45, 2.75) is 6.18 Å². The number of benzene rings is 1. The lowest BCUT2D eigenvalue weighted by molar-refractivity contribution is -0.255. The van der Waals surface area contributed by atoms with Gasteiger partial charge in [0.25, 0.3) is 5.19 Å². The predicted molar refractivity (Wildman–Crippen MR) is 58.0 cm³/mol. The van der Waals surface area contributed by atoms with E-state index in [0.717, 1.165) is 0 Å². The number of para-hydroxylation sites is 1. The SMILES string of the molecule is O=C([O-])c1sc(Oc2ccccc2)nc1C(F)(F)F. The summed E-state index contributed by atoms with van der Waals surface area (Å²) in [6.07, 6.45) is -4.87. The van der Waals surface area contributed by atoms with E-state index in [1.54, 1.807) is 18.2 Å². The average molecular weight is 288 g/mol. The van der Waals surface area contributed by atoms with E-state index >= 15 is 0 Å². The number of aromatic carboxylic acids is 1. The van der Waals surface area contributed by atoms with Crippen LogP contribution < -0.4 is 9.84 Å². The highest BCUT2D eigenvalue weighted by Gasteiger charge is 2.38. The molecule has 0 radical (unpaired) electrons. The van der Waals surface area contributed by atoms with Crippen molar-refractivity contribution in [2.24, 2.45) is 0 Å². The highest BCUT2D eigenvalue weighted by molar-refractivity contribution is 7.15. The number of carbonyl (C=O) groups excluding carboxylic acids is 1. The van der Waals surface area contributed by atoms with Crippen LogP contribution in [0.15, 0.2) is 30.3 Å². The third-order valence-corrected chi connectivity index (χ3v) is 2.92. The monoisotopic (exact) mass is 288 g/mol. The summed E-state index contributed by atoms with van der Waals surface area (Å²) in [6.45, 7) is 0. The maximum Gasteiger partial charge on any atom is 0.435 e. The molecule has 0 unspecified atom stereocenters. The van der Waals surface area contributed by atoms with E-state index in [-0.39, 0.29) is 17.1 Å². The minimum absolute atomic E-state index is 0.259. The zero-order valence-electron chi connectivity index (χ0n) is 9.10. The van der Waals surface area contributed by atoms with E-state index < -0.39 is 27.9 Å². The molecular weight excluding hydrogens is 283 g/mol.